The van der Waals surface area contributed by atoms with Crippen LogP contribution < -0.4 is 10.1 Å². The summed E-state index contributed by atoms with van der Waals surface area (Å²) in [4.78, 5) is 0. The molecule has 2 N–H and O–H groups in total. The van der Waals surface area contributed by atoms with Crippen molar-refractivity contribution in [2.75, 3.05) is 19.8 Å². The fraction of sp³-hybridized carbons (Fsp3) is 0.538. The first-order valence-electron chi connectivity index (χ1n) is 5.88. The number of aliphatic hydroxyl groups is 1. The van der Waals surface area contributed by atoms with Gasteiger partial charge in [0.05, 0.1) is 6.61 Å². The zero-order chi connectivity index (χ0) is 11.8. The van der Waals surface area contributed by atoms with Crippen LogP contribution in [0.3, 0.4) is 0 Å². The molecule has 1 rings (SSSR count). The number of benzene rings is 1. The van der Waals surface area contributed by atoms with Crippen LogP contribution in [-0.2, 0) is 0 Å². The molecule has 0 saturated carbocycles. The Hall–Kier alpha value is -1.06. The Bertz CT molecular complexity index is 296. The molecule has 1 atom stereocenters. The van der Waals surface area contributed by atoms with Gasteiger partial charge in [-0.2, -0.15) is 0 Å². The van der Waals surface area contributed by atoms with Gasteiger partial charge in [-0.3, -0.25) is 0 Å². The maximum Gasteiger partial charge on any atom is 0.119 e. The average Bonchev–Trinajstić information content (AvgIpc) is 2.30. The van der Waals surface area contributed by atoms with E-state index in [0.717, 1.165) is 18.7 Å². The molecule has 0 spiro atoms. The van der Waals surface area contributed by atoms with Gasteiger partial charge in [0.1, 0.15) is 5.75 Å². The normalized spacial score (nSPS) is 12.4. The monoisotopic (exact) mass is 223 g/mol. The smallest absolute Gasteiger partial charge is 0.119 e. The van der Waals surface area contributed by atoms with Gasteiger partial charge in [-0.15, -0.1) is 0 Å². The molecule has 0 amide bonds. The van der Waals surface area contributed by atoms with Gasteiger partial charge in [-0.1, -0.05) is 19.1 Å². The quantitative estimate of drug-likeness (QED) is 0.744. The van der Waals surface area contributed by atoms with E-state index in [4.69, 9.17) is 9.84 Å². The van der Waals surface area contributed by atoms with Crippen molar-refractivity contribution in [1.29, 1.82) is 0 Å². The van der Waals surface area contributed by atoms with E-state index in [9.17, 15) is 0 Å². The molecule has 1 unspecified atom stereocenters. The van der Waals surface area contributed by atoms with Crippen molar-refractivity contribution in [1.82, 2.24) is 5.32 Å². The largest absolute Gasteiger partial charge is 0.494 e. The lowest BCUT2D eigenvalue weighted by Gasteiger charge is -2.18. The molecule has 0 aliphatic heterocycles. The minimum Gasteiger partial charge on any atom is -0.494 e. The maximum atomic E-state index is 9.03. The first-order chi connectivity index (χ1) is 7.81. The topological polar surface area (TPSA) is 41.5 Å². The SMILES string of the molecule is CCNC(CCO)c1cccc(OCC)c1. The Morgan fingerprint density at radius 1 is 1.38 bits per heavy atom. The summed E-state index contributed by atoms with van der Waals surface area (Å²) in [6.07, 6.45) is 0.726. The Balaban J connectivity index is 2.77. The summed E-state index contributed by atoms with van der Waals surface area (Å²) in [6, 6.07) is 8.24. The lowest BCUT2D eigenvalue weighted by Crippen LogP contribution is -2.21. The van der Waals surface area contributed by atoms with E-state index in [2.05, 4.69) is 18.3 Å². The minimum atomic E-state index is 0.191. The molecule has 0 aliphatic rings. The van der Waals surface area contributed by atoms with Gasteiger partial charge in [0.25, 0.3) is 0 Å². The zero-order valence-corrected chi connectivity index (χ0v) is 10.1. The summed E-state index contributed by atoms with van der Waals surface area (Å²) < 4.78 is 5.46. The number of hydrogen-bond donors (Lipinski definition) is 2. The third kappa shape index (κ3) is 3.83. The first kappa shape index (κ1) is 13.0. The second kappa shape index (κ2) is 7.25. The van der Waals surface area contributed by atoms with E-state index < -0.39 is 0 Å². The molecule has 1 aromatic rings. The third-order valence-electron chi connectivity index (χ3n) is 2.44. The molecule has 0 aromatic heterocycles. The van der Waals surface area contributed by atoms with Gasteiger partial charge in [0.15, 0.2) is 0 Å². The molecule has 0 fully saturated rings. The predicted octanol–water partition coefficient (Wildman–Crippen LogP) is 2.12. The standard InChI is InChI=1S/C13H21NO2/c1-3-14-13(8-9-15)11-6-5-7-12(10-11)16-4-2/h5-7,10,13-15H,3-4,8-9H2,1-2H3. The highest BCUT2D eigenvalue weighted by molar-refractivity contribution is 5.30. The number of ether oxygens (including phenoxy) is 1. The Morgan fingerprint density at radius 2 is 2.19 bits per heavy atom. The summed E-state index contributed by atoms with van der Waals surface area (Å²) in [7, 11) is 0. The maximum absolute atomic E-state index is 9.03. The second-order valence-electron chi connectivity index (χ2n) is 3.63. The van der Waals surface area contributed by atoms with Crippen LogP contribution in [0.25, 0.3) is 0 Å². The summed E-state index contributed by atoms with van der Waals surface area (Å²) in [5.74, 6) is 0.890. The van der Waals surface area contributed by atoms with E-state index >= 15 is 0 Å². The van der Waals surface area contributed by atoms with Gasteiger partial charge < -0.3 is 15.2 Å². The second-order valence-corrected chi connectivity index (χ2v) is 3.63. The van der Waals surface area contributed by atoms with Crippen LogP contribution in [0.5, 0.6) is 5.75 Å². The Labute approximate surface area is 97.4 Å². The van der Waals surface area contributed by atoms with Gasteiger partial charge in [0, 0.05) is 12.6 Å². The first-order valence-corrected chi connectivity index (χ1v) is 5.88. The Kier molecular flexibility index (Phi) is 5.90. The molecule has 0 aliphatic carbocycles. The van der Waals surface area contributed by atoms with E-state index in [1.54, 1.807) is 0 Å². The van der Waals surface area contributed by atoms with Gasteiger partial charge in [-0.25, -0.2) is 0 Å². The molecular formula is C13H21NO2. The fourth-order valence-electron chi connectivity index (χ4n) is 1.75. The van der Waals surface area contributed by atoms with Crippen LogP contribution in [0.4, 0.5) is 0 Å². The molecule has 3 heteroatoms. The van der Waals surface area contributed by atoms with E-state index in [0.29, 0.717) is 6.61 Å². The fourth-order valence-corrected chi connectivity index (χ4v) is 1.75. The molecule has 1 aromatic carbocycles. The molecular weight excluding hydrogens is 202 g/mol. The molecule has 3 nitrogen and oxygen atoms in total. The van der Waals surface area contributed by atoms with Gasteiger partial charge in [-0.05, 0) is 37.6 Å². The highest BCUT2D eigenvalue weighted by Gasteiger charge is 2.09. The van der Waals surface area contributed by atoms with Crippen LogP contribution in [-0.4, -0.2) is 24.9 Å². The van der Waals surface area contributed by atoms with Crippen LogP contribution in [0.2, 0.25) is 0 Å². The average molecular weight is 223 g/mol. The van der Waals surface area contributed by atoms with E-state index in [1.807, 2.05) is 25.1 Å². The van der Waals surface area contributed by atoms with Crippen molar-refractivity contribution in [3.63, 3.8) is 0 Å². The van der Waals surface area contributed by atoms with Crippen molar-refractivity contribution in [3.05, 3.63) is 29.8 Å². The van der Waals surface area contributed by atoms with E-state index in [-0.39, 0.29) is 12.6 Å². The summed E-state index contributed by atoms with van der Waals surface area (Å²) in [5, 5.41) is 12.4. The highest BCUT2D eigenvalue weighted by atomic mass is 16.5. The van der Waals surface area contributed by atoms with Crippen molar-refractivity contribution in [2.24, 2.45) is 0 Å². The van der Waals surface area contributed by atoms with Crippen LogP contribution in [0.15, 0.2) is 24.3 Å². The number of rotatable bonds is 7. The molecule has 16 heavy (non-hydrogen) atoms. The van der Waals surface area contributed by atoms with Crippen molar-refractivity contribution >= 4 is 0 Å². The molecule has 0 heterocycles. The van der Waals surface area contributed by atoms with Gasteiger partial charge >= 0.3 is 0 Å². The lowest BCUT2D eigenvalue weighted by atomic mass is 10.0. The lowest BCUT2D eigenvalue weighted by molar-refractivity contribution is 0.266. The van der Waals surface area contributed by atoms with Crippen LogP contribution in [0.1, 0.15) is 31.9 Å². The molecule has 90 valence electrons. The van der Waals surface area contributed by atoms with Crippen molar-refractivity contribution in [2.45, 2.75) is 26.3 Å². The van der Waals surface area contributed by atoms with Gasteiger partial charge in [0.2, 0.25) is 0 Å². The van der Waals surface area contributed by atoms with Crippen molar-refractivity contribution < 1.29 is 9.84 Å². The highest BCUT2D eigenvalue weighted by Crippen LogP contribution is 2.21. The minimum absolute atomic E-state index is 0.191. The third-order valence-corrected chi connectivity index (χ3v) is 2.44. The number of nitrogens with one attached hydrogen (secondary N) is 1. The molecule has 0 saturated heterocycles. The Morgan fingerprint density at radius 3 is 2.81 bits per heavy atom. The zero-order valence-electron chi connectivity index (χ0n) is 10.1. The molecule has 0 bridgehead atoms. The van der Waals surface area contributed by atoms with Crippen LogP contribution >= 0.6 is 0 Å². The summed E-state index contributed by atoms with van der Waals surface area (Å²) >= 11 is 0. The predicted molar refractivity (Wildman–Crippen MR) is 65.7 cm³/mol. The number of aliphatic hydroxyl groups excluding tert-OH is 1. The van der Waals surface area contributed by atoms with Crippen LogP contribution in [0, 0.1) is 0 Å². The van der Waals surface area contributed by atoms with E-state index in [1.165, 1.54) is 5.56 Å². The number of hydrogen-bond acceptors (Lipinski definition) is 3. The van der Waals surface area contributed by atoms with Crippen molar-refractivity contribution in [3.8, 4) is 5.75 Å². The summed E-state index contributed by atoms with van der Waals surface area (Å²) in [5.41, 5.74) is 1.17. The summed E-state index contributed by atoms with van der Waals surface area (Å²) in [6.45, 7) is 5.80. The molecule has 0 radical (unpaired) electrons.